The van der Waals surface area contributed by atoms with Crippen molar-refractivity contribution in [2.45, 2.75) is 13.3 Å². The van der Waals surface area contributed by atoms with Crippen LogP contribution in [0.1, 0.15) is 12.5 Å². The van der Waals surface area contributed by atoms with Gasteiger partial charge in [0.2, 0.25) is 5.95 Å². The second-order valence-corrected chi connectivity index (χ2v) is 4.57. The molecule has 0 bridgehead atoms. The molecule has 0 aliphatic rings. The third-order valence-corrected chi connectivity index (χ3v) is 3.05. The summed E-state index contributed by atoms with van der Waals surface area (Å²) in [5, 5.41) is 6.44. The molecule has 0 aliphatic heterocycles. The number of imidazole rings is 1. The highest BCUT2D eigenvalue weighted by molar-refractivity contribution is 5.83. The zero-order valence-corrected chi connectivity index (χ0v) is 11.8. The molecule has 0 saturated carbocycles. The van der Waals surface area contributed by atoms with E-state index in [0.717, 1.165) is 30.8 Å². The Labute approximate surface area is 122 Å². The third kappa shape index (κ3) is 3.07. The molecule has 21 heavy (non-hydrogen) atoms. The number of hydrogen-bond acceptors (Lipinski definition) is 6. The van der Waals surface area contributed by atoms with E-state index in [4.69, 9.17) is 0 Å². The Morgan fingerprint density at radius 3 is 3.00 bits per heavy atom. The number of fused-ring (bicyclic) bond motifs is 1. The lowest BCUT2D eigenvalue weighted by atomic mass is 10.2. The van der Waals surface area contributed by atoms with Crippen LogP contribution in [0.25, 0.3) is 11.2 Å². The van der Waals surface area contributed by atoms with Gasteiger partial charge in [-0.05, 0) is 25.0 Å². The second-order valence-electron chi connectivity index (χ2n) is 4.57. The van der Waals surface area contributed by atoms with Gasteiger partial charge in [-0.15, -0.1) is 0 Å². The Morgan fingerprint density at radius 1 is 1.24 bits per heavy atom. The summed E-state index contributed by atoms with van der Waals surface area (Å²) in [5.74, 6) is 1.35. The molecule has 0 aliphatic carbocycles. The largest absolute Gasteiger partial charge is 0.368 e. The predicted molar refractivity (Wildman–Crippen MR) is 82.3 cm³/mol. The van der Waals surface area contributed by atoms with E-state index < -0.39 is 0 Å². The Bertz CT molecular complexity index is 708. The summed E-state index contributed by atoms with van der Waals surface area (Å²) in [7, 11) is 0. The van der Waals surface area contributed by atoms with E-state index >= 15 is 0 Å². The number of aromatic nitrogens is 5. The fourth-order valence-electron chi connectivity index (χ4n) is 2.07. The van der Waals surface area contributed by atoms with E-state index in [0.29, 0.717) is 11.6 Å². The Kier molecular flexibility index (Phi) is 3.90. The van der Waals surface area contributed by atoms with Gasteiger partial charge in [0, 0.05) is 25.5 Å². The molecule has 3 rings (SSSR count). The summed E-state index contributed by atoms with van der Waals surface area (Å²) in [6, 6.07) is 4.00. The van der Waals surface area contributed by atoms with Gasteiger partial charge in [0.05, 0.1) is 6.33 Å². The zero-order valence-electron chi connectivity index (χ0n) is 11.8. The van der Waals surface area contributed by atoms with Gasteiger partial charge < -0.3 is 15.6 Å². The summed E-state index contributed by atoms with van der Waals surface area (Å²) in [6.45, 7) is 3.54. The maximum atomic E-state index is 4.47. The molecule has 3 N–H and O–H groups in total. The van der Waals surface area contributed by atoms with E-state index in [1.165, 1.54) is 5.56 Å². The first kappa shape index (κ1) is 13.3. The molecule has 0 amide bonds. The molecule has 7 nitrogen and oxygen atoms in total. The van der Waals surface area contributed by atoms with Gasteiger partial charge in [0.1, 0.15) is 5.52 Å². The van der Waals surface area contributed by atoms with Crippen LogP contribution in [0, 0.1) is 0 Å². The average Bonchev–Trinajstić information content (AvgIpc) is 2.97. The molecule has 3 heterocycles. The maximum absolute atomic E-state index is 4.47. The maximum Gasteiger partial charge on any atom is 0.226 e. The molecule has 0 aromatic carbocycles. The van der Waals surface area contributed by atoms with Crippen molar-refractivity contribution < 1.29 is 0 Å². The highest BCUT2D eigenvalue weighted by Crippen LogP contribution is 2.18. The van der Waals surface area contributed by atoms with Crippen LogP contribution in [-0.2, 0) is 6.42 Å². The van der Waals surface area contributed by atoms with Gasteiger partial charge in [0.15, 0.2) is 11.5 Å². The van der Waals surface area contributed by atoms with Crippen LogP contribution in [0.5, 0.6) is 0 Å². The van der Waals surface area contributed by atoms with Gasteiger partial charge >= 0.3 is 0 Å². The summed E-state index contributed by atoms with van der Waals surface area (Å²) >= 11 is 0. The molecule has 0 radical (unpaired) electrons. The zero-order chi connectivity index (χ0) is 14.5. The molecule has 3 aromatic heterocycles. The van der Waals surface area contributed by atoms with Crippen LogP contribution >= 0.6 is 0 Å². The number of rotatable bonds is 6. The fourth-order valence-corrected chi connectivity index (χ4v) is 2.07. The molecular weight excluding hydrogens is 266 g/mol. The van der Waals surface area contributed by atoms with Crippen molar-refractivity contribution in [3.05, 3.63) is 36.4 Å². The van der Waals surface area contributed by atoms with Crippen LogP contribution in [0.2, 0.25) is 0 Å². The Hall–Kier alpha value is -2.70. The lowest BCUT2D eigenvalue weighted by Gasteiger charge is -2.08. The first-order chi connectivity index (χ1) is 10.4. The van der Waals surface area contributed by atoms with Crippen molar-refractivity contribution in [1.29, 1.82) is 0 Å². The van der Waals surface area contributed by atoms with Crippen LogP contribution in [-0.4, -0.2) is 38.0 Å². The molecule has 0 saturated heterocycles. The minimum Gasteiger partial charge on any atom is -0.368 e. The summed E-state index contributed by atoms with van der Waals surface area (Å²) < 4.78 is 0. The predicted octanol–water partition coefficient (Wildman–Crippen LogP) is 1.83. The van der Waals surface area contributed by atoms with E-state index in [9.17, 15) is 0 Å². The Morgan fingerprint density at radius 2 is 2.19 bits per heavy atom. The molecule has 3 aromatic rings. The minimum atomic E-state index is 0.584. The van der Waals surface area contributed by atoms with E-state index in [2.05, 4.69) is 41.6 Å². The summed E-state index contributed by atoms with van der Waals surface area (Å²) in [4.78, 5) is 20.2. The average molecular weight is 283 g/mol. The molecular formula is C14H17N7. The number of nitrogens with zero attached hydrogens (tertiary/aromatic N) is 4. The number of H-pyrrole nitrogens is 1. The minimum absolute atomic E-state index is 0.584. The fraction of sp³-hybridized carbons (Fsp3) is 0.286. The smallest absolute Gasteiger partial charge is 0.226 e. The van der Waals surface area contributed by atoms with Crippen molar-refractivity contribution >= 4 is 22.9 Å². The first-order valence-electron chi connectivity index (χ1n) is 6.94. The highest BCUT2D eigenvalue weighted by atomic mass is 15.2. The van der Waals surface area contributed by atoms with Gasteiger partial charge in [-0.25, -0.2) is 4.98 Å². The van der Waals surface area contributed by atoms with Gasteiger partial charge in [-0.3, -0.25) is 4.98 Å². The first-order valence-corrected chi connectivity index (χ1v) is 6.94. The molecule has 0 spiro atoms. The molecule has 0 fully saturated rings. The quantitative estimate of drug-likeness (QED) is 0.639. The SMILES string of the molecule is CCNc1nc(NCCc2cccnc2)c2[nH]cnc2n1. The standard InChI is InChI=1S/C14H17N7/c1-2-16-14-20-12(11-13(21-14)19-9-18-11)17-7-5-10-4-3-6-15-8-10/h3-4,6,8-9H,2,5,7H2,1H3,(H3,16,17,18,19,20,21). The number of nitrogens with one attached hydrogen (secondary N) is 3. The van der Waals surface area contributed by atoms with Crippen LogP contribution < -0.4 is 10.6 Å². The number of anilines is 2. The van der Waals surface area contributed by atoms with Crippen LogP contribution in [0.3, 0.4) is 0 Å². The topological polar surface area (TPSA) is 91.4 Å². The molecule has 7 heteroatoms. The van der Waals surface area contributed by atoms with Crippen molar-refractivity contribution in [3.8, 4) is 0 Å². The molecule has 0 unspecified atom stereocenters. The molecule has 0 atom stereocenters. The lowest BCUT2D eigenvalue weighted by Crippen LogP contribution is -2.10. The second kappa shape index (κ2) is 6.17. The van der Waals surface area contributed by atoms with Crippen molar-refractivity contribution in [2.24, 2.45) is 0 Å². The summed E-state index contributed by atoms with van der Waals surface area (Å²) in [6.07, 6.45) is 6.15. The third-order valence-electron chi connectivity index (χ3n) is 3.05. The van der Waals surface area contributed by atoms with Crippen molar-refractivity contribution in [1.82, 2.24) is 24.9 Å². The highest BCUT2D eigenvalue weighted by Gasteiger charge is 2.09. The van der Waals surface area contributed by atoms with Crippen LogP contribution in [0.15, 0.2) is 30.9 Å². The van der Waals surface area contributed by atoms with Crippen molar-refractivity contribution in [2.75, 3.05) is 23.7 Å². The normalized spacial score (nSPS) is 10.7. The number of pyridine rings is 1. The number of aromatic amines is 1. The summed E-state index contributed by atoms with van der Waals surface area (Å²) in [5.41, 5.74) is 2.67. The molecule has 108 valence electrons. The van der Waals surface area contributed by atoms with Gasteiger partial charge in [-0.2, -0.15) is 9.97 Å². The Balaban J connectivity index is 1.74. The monoisotopic (exact) mass is 283 g/mol. The van der Waals surface area contributed by atoms with E-state index in [1.54, 1.807) is 12.5 Å². The lowest BCUT2D eigenvalue weighted by molar-refractivity contribution is 0.990. The van der Waals surface area contributed by atoms with Gasteiger partial charge in [-0.1, -0.05) is 6.07 Å². The van der Waals surface area contributed by atoms with Crippen molar-refractivity contribution in [3.63, 3.8) is 0 Å². The van der Waals surface area contributed by atoms with E-state index in [1.807, 2.05) is 19.2 Å². The van der Waals surface area contributed by atoms with Crippen LogP contribution in [0.4, 0.5) is 11.8 Å². The van der Waals surface area contributed by atoms with E-state index in [-0.39, 0.29) is 0 Å². The number of hydrogen-bond donors (Lipinski definition) is 3. The van der Waals surface area contributed by atoms with Gasteiger partial charge in [0.25, 0.3) is 0 Å².